The minimum atomic E-state index is -2.22. The highest BCUT2D eigenvalue weighted by atomic mass is 32.3. The zero-order valence-electron chi connectivity index (χ0n) is 16.9. The molecular formula is C20H21N9OS. The molecule has 31 heavy (non-hydrogen) atoms. The molecule has 11 heteroatoms. The number of fused-ring (bicyclic) bond motifs is 1. The molecule has 158 valence electrons. The molecule has 1 aliphatic heterocycles. The van der Waals surface area contributed by atoms with Crippen molar-refractivity contribution in [2.24, 2.45) is 7.05 Å². The molecule has 2 N–H and O–H groups in total. The molecule has 1 aliphatic rings. The van der Waals surface area contributed by atoms with Gasteiger partial charge in [0.05, 0.1) is 30.0 Å². The zero-order chi connectivity index (χ0) is 21.4. The predicted octanol–water partition coefficient (Wildman–Crippen LogP) is 1.61. The number of hydrogen-bond donors (Lipinski definition) is 3. The van der Waals surface area contributed by atoms with Gasteiger partial charge in [-0.15, -0.1) is 0 Å². The van der Waals surface area contributed by atoms with Crippen LogP contribution in [0.4, 0.5) is 0 Å². The van der Waals surface area contributed by atoms with Gasteiger partial charge in [0.15, 0.2) is 0 Å². The topological polar surface area (TPSA) is 130 Å². The monoisotopic (exact) mass is 435 g/mol. The van der Waals surface area contributed by atoms with Crippen LogP contribution >= 0.6 is 0 Å². The molecule has 0 bridgehead atoms. The van der Waals surface area contributed by atoms with Gasteiger partial charge in [0.1, 0.15) is 17.1 Å². The third kappa shape index (κ3) is 3.67. The molecule has 0 unspecified atom stereocenters. The van der Waals surface area contributed by atoms with Gasteiger partial charge in [-0.3, -0.25) is 9.46 Å². The van der Waals surface area contributed by atoms with E-state index >= 15 is 0 Å². The van der Waals surface area contributed by atoms with Crippen LogP contribution < -0.4 is 9.50 Å². The fourth-order valence-corrected chi connectivity index (χ4v) is 5.50. The number of pyridine rings is 1. The Bertz CT molecular complexity index is 1340. The third-order valence-electron chi connectivity index (χ3n) is 5.20. The Hall–Kier alpha value is -3.62. The summed E-state index contributed by atoms with van der Waals surface area (Å²) >= 11 is 0. The first-order chi connectivity index (χ1) is 15.0. The van der Waals surface area contributed by atoms with Crippen molar-refractivity contribution in [1.29, 1.82) is 10.0 Å². The molecule has 4 aromatic heterocycles. The minimum Gasteiger partial charge on any atom is -0.423 e. The summed E-state index contributed by atoms with van der Waals surface area (Å²) in [5.41, 5.74) is 3.93. The molecule has 1 saturated heterocycles. The Morgan fingerprint density at radius 3 is 2.65 bits per heavy atom. The van der Waals surface area contributed by atoms with Gasteiger partial charge >= 0.3 is 0 Å². The van der Waals surface area contributed by atoms with Crippen molar-refractivity contribution in [2.75, 3.05) is 24.6 Å². The van der Waals surface area contributed by atoms with Gasteiger partial charge in [-0.25, -0.2) is 14.5 Å². The molecule has 5 heterocycles. The van der Waals surface area contributed by atoms with Crippen LogP contribution in [0.2, 0.25) is 0 Å². The number of nitriles is 1. The first-order valence-corrected chi connectivity index (χ1v) is 11.9. The highest BCUT2D eigenvalue weighted by molar-refractivity contribution is 8.00. The molecule has 0 radical (unpaired) electrons. The van der Waals surface area contributed by atoms with E-state index in [1.54, 1.807) is 33.9 Å². The van der Waals surface area contributed by atoms with Crippen LogP contribution in [0.5, 0.6) is 5.88 Å². The molecule has 0 spiro atoms. The Labute approximate surface area is 179 Å². The minimum absolute atomic E-state index is 0.436. The SMILES string of the molecule is Cn1cc(-c2cn3ncc(C#N)c3c(-c3ccc(O[SH]4(=N)CCNCC4)nc3)n2)cn1. The second kappa shape index (κ2) is 7.57. The average molecular weight is 436 g/mol. The van der Waals surface area contributed by atoms with Gasteiger partial charge in [0.2, 0.25) is 5.88 Å². The lowest BCUT2D eigenvalue weighted by atomic mass is 10.1. The summed E-state index contributed by atoms with van der Waals surface area (Å²) in [5.74, 6) is 1.88. The van der Waals surface area contributed by atoms with Crippen molar-refractivity contribution < 1.29 is 4.18 Å². The fourth-order valence-electron chi connectivity index (χ4n) is 3.59. The van der Waals surface area contributed by atoms with Crippen LogP contribution in [-0.4, -0.2) is 54.0 Å². The van der Waals surface area contributed by atoms with Crippen molar-refractivity contribution in [3.63, 3.8) is 0 Å². The number of rotatable bonds is 4. The van der Waals surface area contributed by atoms with Crippen LogP contribution in [-0.2, 0) is 17.2 Å². The molecule has 0 amide bonds. The smallest absolute Gasteiger partial charge is 0.226 e. The zero-order valence-corrected chi connectivity index (χ0v) is 17.8. The predicted molar refractivity (Wildman–Crippen MR) is 118 cm³/mol. The summed E-state index contributed by atoms with van der Waals surface area (Å²) in [7, 11) is -0.372. The second-order valence-electron chi connectivity index (χ2n) is 7.40. The number of thiol groups is 1. The lowest BCUT2D eigenvalue weighted by Gasteiger charge is -2.32. The summed E-state index contributed by atoms with van der Waals surface area (Å²) in [4.78, 5) is 9.25. The van der Waals surface area contributed by atoms with Crippen LogP contribution in [0.3, 0.4) is 0 Å². The lowest BCUT2D eigenvalue weighted by Crippen LogP contribution is -2.42. The second-order valence-corrected chi connectivity index (χ2v) is 10.3. The van der Waals surface area contributed by atoms with Crippen LogP contribution in [0.15, 0.2) is 43.1 Å². The number of hydrogen-bond acceptors (Lipinski definition) is 8. The highest BCUT2D eigenvalue weighted by Crippen LogP contribution is 2.29. The number of aryl methyl sites for hydroxylation is 1. The molecule has 0 atom stereocenters. The van der Waals surface area contributed by atoms with Gasteiger partial charge in [-0.05, 0) is 6.07 Å². The number of nitrogens with zero attached hydrogens (tertiary/aromatic N) is 7. The molecule has 0 aromatic carbocycles. The first-order valence-electron chi connectivity index (χ1n) is 9.81. The Morgan fingerprint density at radius 1 is 1.13 bits per heavy atom. The normalized spacial score (nSPS) is 16.6. The molecule has 0 aliphatic carbocycles. The molecule has 4 aromatic rings. The van der Waals surface area contributed by atoms with E-state index in [4.69, 9.17) is 13.9 Å². The van der Waals surface area contributed by atoms with Gasteiger partial charge in [-0.1, -0.05) is 10.1 Å². The molecule has 5 rings (SSSR count). The van der Waals surface area contributed by atoms with Gasteiger partial charge in [0, 0.05) is 61.2 Å². The van der Waals surface area contributed by atoms with Crippen molar-refractivity contribution in [3.05, 3.63) is 48.7 Å². The van der Waals surface area contributed by atoms with E-state index in [0.29, 0.717) is 39.9 Å². The molecule has 0 saturated carbocycles. The van der Waals surface area contributed by atoms with E-state index in [0.717, 1.165) is 24.2 Å². The Morgan fingerprint density at radius 2 is 1.97 bits per heavy atom. The Kier molecular flexibility index (Phi) is 4.72. The van der Waals surface area contributed by atoms with Gasteiger partial charge in [0.25, 0.3) is 0 Å². The summed E-state index contributed by atoms with van der Waals surface area (Å²) < 4.78 is 17.9. The van der Waals surface area contributed by atoms with E-state index in [2.05, 4.69) is 26.6 Å². The Balaban J connectivity index is 1.56. The largest absolute Gasteiger partial charge is 0.423 e. The maximum Gasteiger partial charge on any atom is 0.226 e. The number of aromatic nitrogens is 6. The average Bonchev–Trinajstić information content (AvgIpc) is 3.40. The molecular weight excluding hydrogens is 414 g/mol. The molecule has 10 nitrogen and oxygen atoms in total. The van der Waals surface area contributed by atoms with E-state index in [-0.39, 0.29) is 0 Å². The van der Waals surface area contributed by atoms with Crippen molar-refractivity contribution in [2.45, 2.75) is 0 Å². The van der Waals surface area contributed by atoms with E-state index < -0.39 is 10.1 Å². The van der Waals surface area contributed by atoms with Gasteiger partial charge < -0.3 is 9.50 Å². The molecule has 1 fully saturated rings. The van der Waals surface area contributed by atoms with Crippen molar-refractivity contribution in [3.8, 4) is 34.5 Å². The lowest BCUT2D eigenvalue weighted by molar-refractivity contribution is 0.569. The van der Waals surface area contributed by atoms with E-state index in [1.165, 1.54) is 6.20 Å². The van der Waals surface area contributed by atoms with E-state index in [9.17, 15) is 5.26 Å². The summed E-state index contributed by atoms with van der Waals surface area (Å²) in [6, 6.07) is 5.81. The summed E-state index contributed by atoms with van der Waals surface area (Å²) in [5, 5.41) is 21.3. The van der Waals surface area contributed by atoms with Crippen LogP contribution in [0, 0.1) is 16.1 Å². The standard InChI is InChI=1S/C20H21N9OS/c1-28-12-16(11-25-28)17-13-29-20(15(8-21)10-26-29)19(27-17)14-2-3-18(24-9-14)30-31(22)6-4-23-5-7-31/h2-3,9-13,22-23,31H,4-7H2,1H3. The third-order valence-corrected chi connectivity index (χ3v) is 7.62. The van der Waals surface area contributed by atoms with Crippen LogP contribution in [0.25, 0.3) is 28.0 Å². The van der Waals surface area contributed by atoms with E-state index in [1.807, 2.05) is 19.3 Å². The van der Waals surface area contributed by atoms with Crippen molar-refractivity contribution >= 4 is 15.6 Å². The maximum atomic E-state index is 9.54. The highest BCUT2D eigenvalue weighted by Gasteiger charge is 2.19. The quantitative estimate of drug-likeness (QED) is 0.415. The number of nitrogens with one attached hydrogen (secondary N) is 2. The maximum absolute atomic E-state index is 9.54. The summed E-state index contributed by atoms with van der Waals surface area (Å²) in [6.45, 7) is 1.60. The summed E-state index contributed by atoms with van der Waals surface area (Å²) in [6.07, 6.45) is 8.60. The van der Waals surface area contributed by atoms with Crippen LogP contribution in [0.1, 0.15) is 5.56 Å². The first kappa shape index (κ1) is 19.3. The van der Waals surface area contributed by atoms with Crippen molar-refractivity contribution in [1.82, 2.24) is 34.7 Å². The van der Waals surface area contributed by atoms with Gasteiger partial charge in [-0.2, -0.15) is 15.5 Å². The fraction of sp³-hybridized carbons (Fsp3) is 0.250.